The van der Waals surface area contributed by atoms with Crippen LogP contribution < -0.4 is 9.47 Å². The smallest absolute Gasteiger partial charge is 0.181 e. The van der Waals surface area contributed by atoms with Gasteiger partial charge in [0.05, 0.1) is 25.9 Å². The fraction of sp³-hybridized carbons (Fsp3) is 0.450. The minimum absolute atomic E-state index is 0.119. The highest BCUT2D eigenvalue weighted by molar-refractivity contribution is 6.04. The Kier molecular flexibility index (Phi) is 3.77. The molecule has 0 fully saturated rings. The molecule has 138 valence electrons. The van der Waals surface area contributed by atoms with Gasteiger partial charge in [-0.05, 0) is 26.0 Å². The maximum atomic E-state index is 13.2. The van der Waals surface area contributed by atoms with Gasteiger partial charge in [-0.15, -0.1) is 0 Å². The van der Waals surface area contributed by atoms with Crippen LogP contribution in [0.2, 0.25) is 0 Å². The van der Waals surface area contributed by atoms with Crippen LogP contribution in [-0.2, 0) is 9.47 Å². The van der Waals surface area contributed by atoms with Crippen molar-refractivity contribution in [2.45, 2.75) is 38.1 Å². The quantitative estimate of drug-likeness (QED) is 0.876. The largest absolute Gasteiger partial charge is 0.500 e. The highest BCUT2D eigenvalue weighted by Gasteiger charge is 2.51. The number of fused-ring (bicyclic) bond motifs is 3. The van der Waals surface area contributed by atoms with Gasteiger partial charge in [-0.3, -0.25) is 4.79 Å². The molecular formula is C20H22O6. The number of Topliss-reactive ketones (excluding diaryl/α,β-unsaturated/α-hetero) is 1. The van der Waals surface area contributed by atoms with Gasteiger partial charge in [-0.1, -0.05) is 6.07 Å². The Morgan fingerprint density at radius 1 is 1.23 bits per heavy atom. The van der Waals surface area contributed by atoms with E-state index in [2.05, 4.69) is 0 Å². The number of carbonyl (C=O) groups excluding carboxylic acids is 1. The molecule has 1 aromatic carbocycles. The molecule has 3 atom stereocenters. The number of rotatable bonds is 2. The molecule has 2 aliphatic heterocycles. The van der Waals surface area contributed by atoms with Gasteiger partial charge in [0.1, 0.15) is 29.1 Å². The first-order valence-corrected chi connectivity index (χ1v) is 8.61. The van der Waals surface area contributed by atoms with Gasteiger partial charge in [-0.2, -0.15) is 0 Å². The average molecular weight is 358 g/mol. The number of allylic oxidation sites excluding steroid dienone is 1. The Hall–Kier alpha value is -2.47. The molecule has 1 aliphatic carbocycles. The van der Waals surface area contributed by atoms with E-state index in [-0.39, 0.29) is 5.78 Å². The van der Waals surface area contributed by atoms with Crippen LogP contribution in [0.4, 0.5) is 0 Å². The Labute approximate surface area is 152 Å². The molecule has 26 heavy (non-hydrogen) atoms. The van der Waals surface area contributed by atoms with Crippen molar-refractivity contribution in [3.63, 3.8) is 0 Å². The summed E-state index contributed by atoms with van der Waals surface area (Å²) in [4.78, 5) is 13.2. The van der Waals surface area contributed by atoms with Crippen LogP contribution >= 0.6 is 0 Å². The fourth-order valence-electron chi connectivity index (χ4n) is 4.00. The van der Waals surface area contributed by atoms with Crippen molar-refractivity contribution in [2.24, 2.45) is 5.92 Å². The van der Waals surface area contributed by atoms with Gasteiger partial charge in [0.15, 0.2) is 17.3 Å². The second-order valence-electron chi connectivity index (χ2n) is 7.37. The van der Waals surface area contributed by atoms with Crippen molar-refractivity contribution < 1.29 is 28.8 Å². The molecule has 2 unspecified atom stereocenters. The number of para-hydroxylation sites is 1. The molecule has 0 bridgehead atoms. The fourth-order valence-corrected chi connectivity index (χ4v) is 4.00. The van der Waals surface area contributed by atoms with Crippen molar-refractivity contribution in [1.29, 1.82) is 0 Å². The first-order chi connectivity index (χ1) is 12.4. The van der Waals surface area contributed by atoms with Crippen LogP contribution in [0, 0.1) is 5.92 Å². The second kappa shape index (κ2) is 5.77. The summed E-state index contributed by atoms with van der Waals surface area (Å²) in [7, 11) is 3.05. The molecule has 0 amide bonds. The summed E-state index contributed by atoms with van der Waals surface area (Å²) in [6.45, 7) is 3.83. The molecule has 0 aromatic heterocycles. The summed E-state index contributed by atoms with van der Waals surface area (Å²) in [5.74, 6) is 1.08. The molecule has 0 saturated heterocycles. The lowest BCUT2D eigenvalue weighted by Crippen LogP contribution is -2.49. The van der Waals surface area contributed by atoms with Crippen LogP contribution in [0.25, 0.3) is 0 Å². The molecule has 3 aliphatic rings. The Morgan fingerprint density at radius 2 is 2.00 bits per heavy atom. The summed E-state index contributed by atoms with van der Waals surface area (Å²) in [6, 6.07) is 5.21. The van der Waals surface area contributed by atoms with Gasteiger partial charge in [0.2, 0.25) is 0 Å². The zero-order chi connectivity index (χ0) is 18.6. The molecule has 0 spiro atoms. The third-order valence-electron chi connectivity index (χ3n) is 5.13. The van der Waals surface area contributed by atoms with Gasteiger partial charge in [-0.25, -0.2) is 0 Å². The third kappa shape index (κ3) is 2.40. The molecular weight excluding hydrogens is 336 g/mol. The Balaban J connectivity index is 1.88. The van der Waals surface area contributed by atoms with E-state index in [4.69, 9.17) is 18.9 Å². The third-order valence-corrected chi connectivity index (χ3v) is 5.13. The van der Waals surface area contributed by atoms with Gasteiger partial charge in [0, 0.05) is 18.1 Å². The summed E-state index contributed by atoms with van der Waals surface area (Å²) >= 11 is 0. The van der Waals surface area contributed by atoms with Crippen LogP contribution in [0.15, 0.2) is 41.4 Å². The lowest BCUT2D eigenvalue weighted by atomic mass is 9.76. The van der Waals surface area contributed by atoms with E-state index < -0.39 is 23.7 Å². The predicted molar refractivity (Wildman–Crippen MR) is 93.1 cm³/mol. The van der Waals surface area contributed by atoms with Gasteiger partial charge >= 0.3 is 0 Å². The van der Waals surface area contributed by atoms with Crippen molar-refractivity contribution in [3.8, 4) is 11.5 Å². The van der Waals surface area contributed by atoms with Crippen LogP contribution in [0.3, 0.4) is 0 Å². The van der Waals surface area contributed by atoms with E-state index in [9.17, 15) is 9.90 Å². The van der Waals surface area contributed by atoms with Crippen molar-refractivity contribution in [3.05, 3.63) is 46.9 Å². The number of ether oxygens (including phenoxy) is 4. The first kappa shape index (κ1) is 17.0. The molecule has 0 saturated carbocycles. The summed E-state index contributed by atoms with van der Waals surface area (Å²) < 4.78 is 23.1. The number of aliphatic hydroxyl groups is 1. The molecule has 1 N–H and O–H groups in total. The average Bonchev–Trinajstić information content (AvgIpc) is 2.59. The molecule has 2 heterocycles. The number of hydrogen-bond acceptors (Lipinski definition) is 6. The number of aliphatic hydroxyl groups excluding tert-OH is 1. The highest BCUT2D eigenvalue weighted by Crippen LogP contribution is 2.48. The molecule has 4 rings (SSSR count). The maximum absolute atomic E-state index is 13.2. The first-order valence-electron chi connectivity index (χ1n) is 8.61. The van der Waals surface area contributed by atoms with E-state index >= 15 is 0 Å². The second-order valence-corrected chi connectivity index (χ2v) is 7.37. The maximum Gasteiger partial charge on any atom is 0.181 e. The lowest BCUT2D eigenvalue weighted by molar-refractivity contribution is -0.0385. The molecule has 6 nitrogen and oxygen atoms in total. The van der Waals surface area contributed by atoms with Gasteiger partial charge < -0.3 is 24.1 Å². The minimum atomic E-state index is -0.764. The van der Waals surface area contributed by atoms with E-state index in [1.807, 2.05) is 13.8 Å². The summed E-state index contributed by atoms with van der Waals surface area (Å²) in [5.41, 5.74) is 0.513. The van der Waals surface area contributed by atoms with Crippen molar-refractivity contribution >= 4 is 5.78 Å². The molecule has 0 radical (unpaired) electrons. The topological polar surface area (TPSA) is 74.2 Å². The van der Waals surface area contributed by atoms with Crippen LogP contribution in [-0.4, -0.2) is 42.9 Å². The van der Waals surface area contributed by atoms with Crippen LogP contribution in [0.5, 0.6) is 11.5 Å². The number of carbonyl (C=O) groups is 1. The molecule has 6 heteroatoms. The number of hydrogen-bond donors (Lipinski definition) is 1. The van der Waals surface area contributed by atoms with Gasteiger partial charge in [0.25, 0.3) is 0 Å². The minimum Gasteiger partial charge on any atom is -0.500 e. The zero-order valence-electron chi connectivity index (χ0n) is 15.2. The Bertz CT molecular complexity index is 835. The SMILES string of the molecule is COC1=CC2=C(C3Oc4c(OC)cccc4C(=O)C13)[C@H](O)CC(C)(C)O2. The summed E-state index contributed by atoms with van der Waals surface area (Å²) in [6.07, 6.45) is 0.668. The predicted octanol–water partition coefficient (Wildman–Crippen LogP) is 2.61. The van der Waals surface area contributed by atoms with E-state index in [1.165, 1.54) is 14.2 Å². The highest BCUT2D eigenvalue weighted by atomic mass is 16.5. The van der Waals surface area contributed by atoms with E-state index in [1.54, 1.807) is 24.3 Å². The van der Waals surface area contributed by atoms with E-state index in [0.717, 1.165) is 0 Å². The number of benzene rings is 1. The lowest BCUT2D eigenvalue weighted by Gasteiger charge is -2.44. The van der Waals surface area contributed by atoms with E-state index in [0.29, 0.717) is 40.6 Å². The summed E-state index contributed by atoms with van der Waals surface area (Å²) in [5, 5.41) is 10.8. The molecule has 1 aromatic rings. The van der Waals surface area contributed by atoms with Crippen molar-refractivity contribution in [2.75, 3.05) is 14.2 Å². The standard InChI is InChI=1S/C20H22O6/c1-20(2)9-11(21)15-14(26-20)8-13(24-4)16-17(22)10-6-5-7-12(23-3)18(10)25-19(15)16/h5-8,11,16,19,21H,9H2,1-4H3/t11-,16?,19?/m1/s1. The number of methoxy groups -OCH3 is 2. The normalized spacial score (nSPS) is 28.7. The zero-order valence-corrected chi connectivity index (χ0v) is 15.2. The van der Waals surface area contributed by atoms with Crippen LogP contribution in [0.1, 0.15) is 30.6 Å². The monoisotopic (exact) mass is 358 g/mol. The Morgan fingerprint density at radius 3 is 2.69 bits per heavy atom. The number of ketones is 1. The van der Waals surface area contributed by atoms with Crippen molar-refractivity contribution in [1.82, 2.24) is 0 Å².